The zero-order valence-corrected chi connectivity index (χ0v) is 8.41. The van der Waals surface area contributed by atoms with Gasteiger partial charge in [0.1, 0.15) is 11.0 Å². The molecule has 1 aromatic heterocycles. The number of aromatic nitrogens is 2. The van der Waals surface area contributed by atoms with Gasteiger partial charge in [0.15, 0.2) is 6.04 Å². The van der Waals surface area contributed by atoms with E-state index in [1.807, 2.05) is 0 Å². The fourth-order valence-electron chi connectivity index (χ4n) is 1.54. The minimum absolute atomic E-state index is 0.340. The second kappa shape index (κ2) is 3.59. The third kappa shape index (κ3) is 1.38. The van der Waals surface area contributed by atoms with E-state index in [9.17, 15) is 4.79 Å². The highest BCUT2D eigenvalue weighted by Crippen LogP contribution is 2.21. The monoisotopic (exact) mass is 215 g/mol. The molecule has 1 aliphatic rings. The molecule has 1 atom stereocenters. The Morgan fingerprint density at radius 3 is 3.36 bits per heavy atom. The van der Waals surface area contributed by atoms with Gasteiger partial charge in [-0.25, -0.2) is 9.78 Å². The first-order valence-corrected chi connectivity index (χ1v) is 4.64. The van der Waals surface area contributed by atoms with Crippen molar-refractivity contribution in [3.8, 4) is 0 Å². The molecule has 0 aromatic carbocycles. The summed E-state index contributed by atoms with van der Waals surface area (Å²) < 4.78 is 6.46. The van der Waals surface area contributed by atoms with E-state index in [0.29, 0.717) is 17.5 Å². The Morgan fingerprint density at radius 1 is 1.86 bits per heavy atom. The van der Waals surface area contributed by atoms with Gasteiger partial charge in [0.25, 0.3) is 0 Å². The van der Waals surface area contributed by atoms with Gasteiger partial charge in [-0.2, -0.15) is 0 Å². The summed E-state index contributed by atoms with van der Waals surface area (Å²) in [6.45, 7) is 1.41. The molecule has 76 valence electrons. The summed E-state index contributed by atoms with van der Waals surface area (Å²) >= 11 is 5.89. The molecule has 0 radical (unpaired) electrons. The predicted octanol–water partition coefficient (Wildman–Crippen LogP) is 0.354. The largest absolute Gasteiger partial charge is 0.468 e. The molecule has 1 unspecified atom stereocenters. The highest BCUT2D eigenvalue weighted by Gasteiger charge is 2.29. The molecule has 6 heteroatoms. The molecule has 5 nitrogen and oxygen atoms in total. The number of hydrogen-bond donors (Lipinski definition) is 1. The Hall–Kier alpha value is -1.07. The number of hydrogen-bond acceptors (Lipinski definition) is 4. The Kier molecular flexibility index (Phi) is 2.43. The number of nitrogens with zero attached hydrogens (tertiary/aromatic N) is 2. The van der Waals surface area contributed by atoms with Crippen LogP contribution < -0.4 is 5.32 Å². The minimum Gasteiger partial charge on any atom is -0.468 e. The summed E-state index contributed by atoms with van der Waals surface area (Å²) in [5, 5.41) is 3.57. The van der Waals surface area contributed by atoms with E-state index >= 15 is 0 Å². The van der Waals surface area contributed by atoms with Crippen molar-refractivity contribution in [2.75, 3.05) is 13.7 Å². The zero-order valence-electron chi connectivity index (χ0n) is 7.66. The van der Waals surface area contributed by atoms with Gasteiger partial charge in [-0.15, -0.1) is 0 Å². The number of halogens is 1. The Balaban J connectivity index is 2.36. The summed E-state index contributed by atoms with van der Waals surface area (Å²) in [5.41, 5.74) is 0. The first kappa shape index (κ1) is 9.48. The van der Waals surface area contributed by atoms with Gasteiger partial charge in [-0.3, -0.25) is 5.32 Å². The van der Waals surface area contributed by atoms with Gasteiger partial charge < -0.3 is 9.30 Å². The molecule has 2 heterocycles. The number of carbonyl (C=O) groups excluding carboxylic acids is 1. The highest BCUT2D eigenvalue weighted by atomic mass is 35.5. The first-order valence-electron chi connectivity index (χ1n) is 4.26. The topological polar surface area (TPSA) is 56.1 Å². The van der Waals surface area contributed by atoms with Crippen LogP contribution in [0, 0.1) is 0 Å². The fraction of sp³-hybridized carbons (Fsp3) is 0.500. The Bertz CT molecular complexity index is 363. The van der Waals surface area contributed by atoms with Crippen molar-refractivity contribution in [1.29, 1.82) is 0 Å². The lowest BCUT2D eigenvalue weighted by Gasteiger charge is -2.23. The highest BCUT2D eigenvalue weighted by molar-refractivity contribution is 6.29. The quantitative estimate of drug-likeness (QED) is 0.687. The number of fused-ring (bicyclic) bond motifs is 1. The molecule has 0 saturated carbocycles. The number of esters is 1. The molecule has 14 heavy (non-hydrogen) atoms. The molecule has 0 aliphatic carbocycles. The van der Waals surface area contributed by atoms with Crippen LogP contribution in [0.5, 0.6) is 0 Å². The van der Waals surface area contributed by atoms with Crippen LogP contribution in [0.2, 0.25) is 5.15 Å². The van der Waals surface area contributed by atoms with Crippen LogP contribution >= 0.6 is 11.6 Å². The van der Waals surface area contributed by atoms with Crippen LogP contribution in [-0.2, 0) is 16.1 Å². The molecule has 0 fully saturated rings. The maximum atomic E-state index is 11.4. The summed E-state index contributed by atoms with van der Waals surface area (Å²) in [6, 6.07) is -0.499. The Morgan fingerprint density at radius 2 is 2.64 bits per heavy atom. The van der Waals surface area contributed by atoms with Crippen LogP contribution in [0.25, 0.3) is 0 Å². The molecular formula is C8H10ClN3O2. The van der Waals surface area contributed by atoms with E-state index < -0.39 is 6.04 Å². The summed E-state index contributed by atoms with van der Waals surface area (Å²) in [5.74, 6) is 0.279. The van der Waals surface area contributed by atoms with Crippen LogP contribution in [0.15, 0.2) is 6.20 Å². The van der Waals surface area contributed by atoms with E-state index in [2.05, 4.69) is 15.0 Å². The Labute approximate surface area is 86.0 Å². The van der Waals surface area contributed by atoms with Crippen molar-refractivity contribution in [3.05, 3.63) is 17.2 Å². The van der Waals surface area contributed by atoms with Gasteiger partial charge >= 0.3 is 5.97 Å². The molecular weight excluding hydrogens is 206 g/mol. The SMILES string of the molecule is COC(=O)C1NCCn2c(Cl)cnc21. The lowest BCUT2D eigenvalue weighted by Crippen LogP contribution is -2.38. The zero-order chi connectivity index (χ0) is 10.1. The summed E-state index contributed by atoms with van der Waals surface area (Å²) in [6.07, 6.45) is 1.54. The van der Waals surface area contributed by atoms with Gasteiger partial charge in [0, 0.05) is 13.1 Å². The fourth-order valence-corrected chi connectivity index (χ4v) is 1.76. The van der Waals surface area contributed by atoms with Crippen LogP contribution in [-0.4, -0.2) is 29.2 Å². The lowest BCUT2D eigenvalue weighted by molar-refractivity contribution is -0.143. The average Bonchev–Trinajstić information content (AvgIpc) is 2.59. The van der Waals surface area contributed by atoms with Crippen molar-refractivity contribution >= 4 is 17.6 Å². The van der Waals surface area contributed by atoms with Crippen LogP contribution in [0.3, 0.4) is 0 Å². The van der Waals surface area contributed by atoms with E-state index in [4.69, 9.17) is 11.6 Å². The van der Waals surface area contributed by atoms with Gasteiger partial charge in [0.05, 0.1) is 13.3 Å². The third-order valence-corrected chi connectivity index (χ3v) is 2.52. The number of nitrogens with one attached hydrogen (secondary N) is 1. The van der Waals surface area contributed by atoms with E-state index in [0.717, 1.165) is 6.54 Å². The van der Waals surface area contributed by atoms with Crippen molar-refractivity contribution in [2.45, 2.75) is 12.6 Å². The molecule has 0 spiro atoms. The minimum atomic E-state index is -0.499. The number of imidazole rings is 1. The number of rotatable bonds is 1. The molecule has 0 amide bonds. The summed E-state index contributed by atoms with van der Waals surface area (Å²) in [7, 11) is 1.35. The van der Waals surface area contributed by atoms with Crippen molar-refractivity contribution in [1.82, 2.24) is 14.9 Å². The molecule has 1 N–H and O–H groups in total. The first-order chi connectivity index (χ1) is 6.74. The smallest absolute Gasteiger partial charge is 0.330 e. The van der Waals surface area contributed by atoms with Crippen molar-refractivity contribution < 1.29 is 9.53 Å². The number of ether oxygens (including phenoxy) is 1. The van der Waals surface area contributed by atoms with Gasteiger partial charge in [-0.1, -0.05) is 11.6 Å². The maximum absolute atomic E-state index is 11.4. The van der Waals surface area contributed by atoms with Crippen molar-refractivity contribution in [2.24, 2.45) is 0 Å². The molecule has 2 rings (SSSR count). The predicted molar refractivity (Wildman–Crippen MR) is 50.0 cm³/mol. The van der Waals surface area contributed by atoms with E-state index in [1.165, 1.54) is 7.11 Å². The normalized spacial score (nSPS) is 20.3. The van der Waals surface area contributed by atoms with E-state index in [1.54, 1.807) is 10.8 Å². The molecule has 0 saturated heterocycles. The van der Waals surface area contributed by atoms with Gasteiger partial charge in [-0.05, 0) is 0 Å². The third-order valence-electron chi connectivity index (χ3n) is 2.22. The van der Waals surface area contributed by atoms with Gasteiger partial charge in [0.2, 0.25) is 0 Å². The second-order valence-corrected chi connectivity index (χ2v) is 3.39. The molecule has 1 aliphatic heterocycles. The molecule has 1 aromatic rings. The second-order valence-electron chi connectivity index (χ2n) is 3.00. The number of methoxy groups -OCH3 is 1. The lowest BCUT2D eigenvalue weighted by atomic mass is 10.2. The van der Waals surface area contributed by atoms with Crippen molar-refractivity contribution in [3.63, 3.8) is 0 Å². The average molecular weight is 216 g/mol. The number of carbonyl (C=O) groups is 1. The van der Waals surface area contributed by atoms with Crippen LogP contribution in [0.1, 0.15) is 11.9 Å². The standard InChI is InChI=1S/C8H10ClN3O2/c1-14-8(13)6-7-11-4-5(9)12(7)3-2-10-6/h4,6,10H,2-3H2,1H3. The van der Waals surface area contributed by atoms with E-state index in [-0.39, 0.29) is 5.97 Å². The van der Waals surface area contributed by atoms with Crippen LogP contribution in [0.4, 0.5) is 0 Å². The maximum Gasteiger partial charge on any atom is 0.330 e. The summed E-state index contributed by atoms with van der Waals surface area (Å²) in [4.78, 5) is 15.4. The molecule has 0 bridgehead atoms.